The molecule has 1 aromatic heterocycles. The fourth-order valence-corrected chi connectivity index (χ4v) is 2.92. The van der Waals surface area contributed by atoms with E-state index in [0.717, 1.165) is 35.3 Å². The lowest BCUT2D eigenvalue weighted by molar-refractivity contribution is 0.102. The number of aliphatic hydroxyl groups is 1. The number of carbonyl (C=O) groups excluding carboxylic acids is 1. The Labute approximate surface area is 121 Å². The van der Waals surface area contributed by atoms with E-state index in [0.29, 0.717) is 10.8 Å². The molecule has 0 aliphatic heterocycles. The lowest BCUT2D eigenvalue weighted by atomic mass is 10.1. The van der Waals surface area contributed by atoms with E-state index in [-0.39, 0.29) is 12.5 Å². The van der Waals surface area contributed by atoms with E-state index in [4.69, 9.17) is 0 Å². The molecule has 4 nitrogen and oxygen atoms in total. The summed E-state index contributed by atoms with van der Waals surface area (Å²) in [5.74, 6) is 0.361. The Hall–Kier alpha value is -1.72. The van der Waals surface area contributed by atoms with E-state index in [2.05, 4.69) is 10.3 Å². The number of benzene rings is 1. The molecule has 2 N–H and O–H groups in total. The van der Waals surface area contributed by atoms with Crippen LogP contribution in [0, 0.1) is 6.92 Å². The summed E-state index contributed by atoms with van der Waals surface area (Å²) in [6.07, 6.45) is 2.26. The van der Waals surface area contributed by atoms with Crippen LogP contribution in [0.5, 0.6) is 0 Å². The van der Waals surface area contributed by atoms with Crippen molar-refractivity contribution < 1.29 is 9.90 Å². The van der Waals surface area contributed by atoms with Gasteiger partial charge in [0.25, 0.3) is 5.91 Å². The topological polar surface area (TPSA) is 62.2 Å². The van der Waals surface area contributed by atoms with Gasteiger partial charge in [-0.3, -0.25) is 4.79 Å². The van der Waals surface area contributed by atoms with Crippen molar-refractivity contribution in [2.24, 2.45) is 0 Å². The van der Waals surface area contributed by atoms with Crippen molar-refractivity contribution in [1.29, 1.82) is 0 Å². The Kier molecular flexibility index (Phi) is 3.54. The highest BCUT2D eigenvalue weighted by atomic mass is 32.1. The van der Waals surface area contributed by atoms with Gasteiger partial charge in [0, 0.05) is 11.6 Å². The highest BCUT2D eigenvalue weighted by Crippen LogP contribution is 2.41. The monoisotopic (exact) mass is 288 g/mol. The van der Waals surface area contributed by atoms with Gasteiger partial charge in [0.05, 0.1) is 17.8 Å². The second-order valence-electron chi connectivity index (χ2n) is 5.10. The third kappa shape index (κ3) is 2.59. The smallest absolute Gasteiger partial charge is 0.267 e. The number of carbonyl (C=O) groups is 1. The first-order valence-corrected chi connectivity index (χ1v) is 7.52. The van der Waals surface area contributed by atoms with Crippen LogP contribution in [0.4, 0.5) is 5.69 Å². The molecule has 0 atom stereocenters. The summed E-state index contributed by atoms with van der Waals surface area (Å²) >= 11 is 1.39. The maximum atomic E-state index is 12.4. The Morgan fingerprint density at radius 2 is 2.30 bits per heavy atom. The number of thiazole rings is 1. The van der Waals surface area contributed by atoms with Crippen LogP contribution in [-0.2, 0) is 6.61 Å². The number of aliphatic hydroxyl groups excluding tert-OH is 1. The van der Waals surface area contributed by atoms with Crippen molar-refractivity contribution in [3.05, 3.63) is 45.4 Å². The van der Waals surface area contributed by atoms with Crippen LogP contribution in [0.1, 0.15) is 45.3 Å². The zero-order chi connectivity index (χ0) is 14.1. The second kappa shape index (κ2) is 5.34. The highest BCUT2D eigenvalue weighted by molar-refractivity contribution is 7.12. The summed E-state index contributed by atoms with van der Waals surface area (Å²) in [4.78, 5) is 17.4. The minimum absolute atomic E-state index is 0.0307. The average molecular weight is 288 g/mol. The molecule has 1 saturated carbocycles. The van der Waals surface area contributed by atoms with Crippen molar-refractivity contribution in [3.8, 4) is 0 Å². The third-order valence-electron chi connectivity index (χ3n) is 3.50. The Morgan fingerprint density at radius 3 is 3.00 bits per heavy atom. The number of rotatable bonds is 4. The second-order valence-corrected chi connectivity index (χ2v) is 5.96. The number of hydrogen-bond acceptors (Lipinski definition) is 4. The van der Waals surface area contributed by atoms with Gasteiger partial charge in [-0.2, -0.15) is 0 Å². The summed E-state index contributed by atoms with van der Waals surface area (Å²) in [5.41, 5.74) is 5.19. The SMILES string of the molecule is Cc1ccc(CO)cc1NC(=O)c1scnc1C1CC1. The molecular weight excluding hydrogens is 272 g/mol. The zero-order valence-electron chi connectivity index (χ0n) is 11.2. The van der Waals surface area contributed by atoms with Crippen LogP contribution >= 0.6 is 11.3 Å². The quantitative estimate of drug-likeness (QED) is 0.909. The van der Waals surface area contributed by atoms with Gasteiger partial charge in [-0.1, -0.05) is 12.1 Å². The summed E-state index contributed by atoms with van der Waals surface area (Å²) < 4.78 is 0. The molecule has 1 amide bonds. The van der Waals surface area contributed by atoms with Crippen molar-refractivity contribution in [3.63, 3.8) is 0 Å². The molecule has 0 unspecified atom stereocenters. The van der Waals surface area contributed by atoms with Gasteiger partial charge < -0.3 is 10.4 Å². The number of aromatic nitrogens is 1. The minimum Gasteiger partial charge on any atom is -0.392 e. The molecule has 0 radical (unpaired) electrons. The Bertz CT molecular complexity index is 647. The predicted molar refractivity (Wildman–Crippen MR) is 79.1 cm³/mol. The van der Waals surface area contributed by atoms with Crippen LogP contribution < -0.4 is 5.32 Å². The van der Waals surface area contributed by atoms with E-state index in [1.54, 1.807) is 5.51 Å². The molecule has 5 heteroatoms. The molecule has 1 aliphatic carbocycles. The maximum Gasteiger partial charge on any atom is 0.267 e. The largest absolute Gasteiger partial charge is 0.392 e. The van der Waals surface area contributed by atoms with Crippen molar-refractivity contribution in [1.82, 2.24) is 4.98 Å². The van der Waals surface area contributed by atoms with Crippen LogP contribution in [0.2, 0.25) is 0 Å². The first-order chi connectivity index (χ1) is 9.69. The van der Waals surface area contributed by atoms with Crippen LogP contribution in [0.25, 0.3) is 0 Å². The Morgan fingerprint density at radius 1 is 1.50 bits per heavy atom. The molecule has 2 aromatic rings. The van der Waals surface area contributed by atoms with Crippen molar-refractivity contribution in [2.75, 3.05) is 5.32 Å². The number of hydrogen-bond donors (Lipinski definition) is 2. The predicted octanol–water partition coefficient (Wildman–Crippen LogP) is 3.07. The van der Waals surface area contributed by atoms with Gasteiger partial charge in [0.1, 0.15) is 4.88 Å². The molecule has 20 heavy (non-hydrogen) atoms. The summed E-state index contributed by atoms with van der Waals surface area (Å²) in [6, 6.07) is 5.56. The number of amides is 1. The van der Waals surface area contributed by atoms with Gasteiger partial charge in [-0.15, -0.1) is 11.3 Å². The standard InChI is InChI=1S/C15H16N2O2S/c1-9-2-3-10(7-18)6-12(9)17-15(19)14-13(11-4-5-11)16-8-20-14/h2-3,6,8,11,18H,4-5,7H2,1H3,(H,17,19). The number of nitrogens with zero attached hydrogens (tertiary/aromatic N) is 1. The first-order valence-electron chi connectivity index (χ1n) is 6.64. The normalized spacial score (nSPS) is 14.3. The van der Waals surface area contributed by atoms with Crippen molar-refractivity contribution in [2.45, 2.75) is 32.3 Å². The van der Waals surface area contributed by atoms with Crippen molar-refractivity contribution >= 4 is 22.9 Å². The third-order valence-corrected chi connectivity index (χ3v) is 4.34. The van der Waals surface area contributed by atoms with Gasteiger partial charge in [-0.05, 0) is 37.0 Å². The van der Waals surface area contributed by atoms with E-state index in [1.165, 1.54) is 11.3 Å². The lowest BCUT2D eigenvalue weighted by Crippen LogP contribution is -2.13. The lowest BCUT2D eigenvalue weighted by Gasteiger charge is -2.09. The number of aryl methyl sites for hydroxylation is 1. The molecule has 1 fully saturated rings. The molecule has 0 bridgehead atoms. The van der Waals surface area contributed by atoms with Gasteiger partial charge in [0.15, 0.2) is 0 Å². The Balaban J connectivity index is 1.83. The molecular formula is C15H16N2O2S. The van der Waals surface area contributed by atoms with Gasteiger partial charge >= 0.3 is 0 Å². The van der Waals surface area contributed by atoms with E-state index in [9.17, 15) is 9.90 Å². The molecule has 1 heterocycles. The molecule has 3 rings (SSSR count). The minimum atomic E-state index is -0.104. The summed E-state index contributed by atoms with van der Waals surface area (Å²) in [5, 5.41) is 12.1. The van der Waals surface area contributed by atoms with Crippen LogP contribution in [-0.4, -0.2) is 16.0 Å². The zero-order valence-corrected chi connectivity index (χ0v) is 12.0. The van der Waals surface area contributed by atoms with E-state index < -0.39 is 0 Å². The van der Waals surface area contributed by atoms with Crippen LogP contribution in [0.3, 0.4) is 0 Å². The molecule has 1 aromatic carbocycles. The molecule has 0 spiro atoms. The first kappa shape index (κ1) is 13.3. The molecule has 104 valence electrons. The van der Waals surface area contributed by atoms with Crippen LogP contribution in [0.15, 0.2) is 23.7 Å². The number of anilines is 1. The van der Waals surface area contributed by atoms with Gasteiger partial charge in [-0.25, -0.2) is 4.98 Å². The molecule has 0 saturated heterocycles. The fourth-order valence-electron chi connectivity index (χ4n) is 2.15. The maximum absolute atomic E-state index is 12.4. The number of nitrogens with one attached hydrogen (secondary N) is 1. The summed E-state index contributed by atoms with van der Waals surface area (Å²) in [7, 11) is 0. The average Bonchev–Trinajstić information content (AvgIpc) is 3.18. The van der Waals surface area contributed by atoms with Gasteiger partial charge in [0.2, 0.25) is 0 Å². The molecule has 1 aliphatic rings. The fraction of sp³-hybridized carbons (Fsp3) is 0.333. The van der Waals surface area contributed by atoms with E-state index in [1.807, 2.05) is 25.1 Å². The van der Waals surface area contributed by atoms with E-state index >= 15 is 0 Å². The summed E-state index contributed by atoms with van der Waals surface area (Å²) in [6.45, 7) is 1.91. The highest BCUT2D eigenvalue weighted by Gasteiger charge is 2.30.